The van der Waals surface area contributed by atoms with Gasteiger partial charge < -0.3 is 34.9 Å². The average molecular weight is 657 g/mol. The average Bonchev–Trinajstić information content (AvgIpc) is 3.57. The second-order valence-corrected chi connectivity index (χ2v) is 8.89. The number of carboxylic acid groups (broad SMARTS) is 4. The first-order valence-corrected chi connectivity index (χ1v) is 11.6. The van der Waals surface area contributed by atoms with Crippen molar-refractivity contribution < 1.29 is 84.3 Å². The maximum atomic E-state index is 12.9. The summed E-state index contributed by atoms with van der Waals surface area (Å²) in [4.78, 5) is 65.6. The van der Waals surface area contributed by atoms with E-state index in [2.05, 4.69) is 0 Å². The zero-order chi connectivity index (χ0) is 26.0. The topological polar surface area (TPSA) is 188 Å². The van der Waals surface area contributed by atoms with E-state index in [0.717, 1.165) is 12.8 Å². The number of amides is 1. The van der Waals surface area contributed by atoms with Crippen molar-refractivity contribution in [3.05, 3.63) is 0 Å². The summed E-state index contributed by atoms with van der Waals surface area (Å²) in [5.41, 5.74) is 0. The molecule has 15 heteroatoms. The van der Waals surface area contributed by atoms with Crippen LogP contribution in [0.5, 0.6) is 0 Å². The molecule has 1 aliphatic carbocycles. The van der Waals surface area contributed by atoms with E-state index >= 15 is 0 Å². The van der Waals surface area contributed by atoms with Crippen LogP contribution in [-0.4, -0.2) is 156 Å². The Kier molecular flexibility index (Phi) is 14.8. The van der Waals surface area contributed by atoms with E-state index < -0.39 is 30.4 Å². The molecule has 1 saturated heterocycles. The zero-order valence-electron chi connectivity index (χ0n) is 20.0. The van der Waals surface area contributed by atoms with Crippen molar-refractivity contribution in [2.24, 2.45) is 0 Å². The van der Waals surface area contributed by atoms with E-state index in [9.17, 15) is 39.3 Å². The molecule has 0 unspecified atom stereocenters. The van der Waals surface area contributed by atoms with E-state index in [0.29, 0.717) is 0 Å². The fourth-order valence-electron chi connectivity index (χ4n) is 4.00. The molecule has 36 heavy (non-hydrogen) atoms. The molecule has 0 aromatic heterocycles. The van der Waals surface area contributed by atoms with Gasteiger partial charge in [0.1, 0.15) is 6.54 Å². The van der Waals surface area contributed by atoms with Gasteiger partial charge in [-0.3, -0.25) is 34.0 Å². The molecule has 0 aromatic rings. The minimum Gasteiger partial charge on any atom is -0.549 e. The van der Waals surface area contributed by atoms with Gasteiger partial charge in [0.2, 0.25) is 5.91 Å². The molecule has 1 radical (unpaired) electrons. The Morgan fingerprint density at radius 3 is 1.31 bits per heavy atom. The van der Waals surface area contributed by atoms with Gasteiger partial charge in [0.05, 0.1) is 25.0 Å². The third kappa shape index (κ3) is 13.2. The Morgan fingerprint density at radius 2 is 1.00 bits per heavy atom. The molecule has 2 fully saturated rings. The molecule has 2 rings (SSSR count). The second kappa shape index (κ2) is 16.4. The van der Waals surface area contributed by atoms with Gasteiger partial charge in [-0.1, -0.05) is 0 Å². The molecule has 2 N–H and O–H groups in total. The molecular formula is C21H33GdN5O9+. The summed E-state index contributed by atoms with van der Waals surface area (Å²) in [6.45, 7) is 0.464. The molecule has 2 aliphatic rings. The number of carboxylic acids is 4. The monoisotopic (exact) mass is 657 g/mol. The Balaban J connectivity index is 0.00000648. The Morgan fingerprint density at radius 1 is 0.639 bits per heavy atom. The number of aliphatic carboxylic acids is 4. The van der Waals surface area contributed by atoms with E-state index in [-0.39, 0.29) is 130 Å². The van der Waals surface area contributed by atoms with Crippen molar-refractivity contribution in [3.8, 4) is 0 Å². The molecule has 1 aliphatic heterocycles. The Labute approximate surface area is 241 Å². The first kappa shape index (κ1) is 32.5. The van der Waals surface area contributed by atoms with Crippen molar-refractivity contribution >= 4 is 29.8 Å². The molecule has 1 amide bonds. The third-order valence-electron chi connectivity index (χ3n) is 5.97. The predicted molar refractivity (Wildman–Crippen MR) is 116 cm³/mol. The Hall–Kier alpha value is -1.49. The van der Waals surface area contributed by atoms with Gasteiger partial charge in [-0.25, -0.2) is 0 Å². The standard InChI is InChI=1S/C21H35N5O9.Gd/c27-17(26(15-21(34)35)16-1-2-16)11-22-3-5-23(12-18(28)29)7-9-25(14-20(32)33)10-8-24(6-4-22)13-19(30)31;/h16H,1-15H2,(H,28,29)(H,30,31)(H,32,33)(H,34,35);/q;+3/p-2. The van der Waals surface area contributed by atoms with Gasteiger partial charge in [0.25, 0.3) is 0 Å². The van der Waals surface area contributed by atoms with Crippen LogP contribution in [0.15, 0.2) is 0 Å². The van der Waals surface area contributed by atoms with Crippen LogP contribution in [0.25, 0.3) is 0 Å². The van der Waals surface area contributed by atoms with E-state index in [1.807, 2.05) is 0 Å². The number of hydrogen-bond acceptors (Lipinski definition) is 11. The minimum absolute atomic E-state index is 0. The predicted octanol–water partition coefficient (Wildman–Crippen LogP) is -5.13. The second-order valence-electron chi connectivity index (χ2n) is 8.89. The van der Waals surface area contributed by atoms with Crippen molar-refractivity contribution in [2.45, 2.75) is 18.9 Å². The first-order chi connectivity index (χ1) is 16.5. The van der Waals surface area contributed by atoms with Gasteiger partial charge in [0.15, 0.2) is 0 Å². The summed E-state index contributed by atoms with van der Waals surface area (Å²) >= 11 is 0. The number of nitrogens with zero attached hydrogens (tertiary/aromatic N) is 5. The fraction of sp³-hybridized carbons (Fsp3) is 0.762. The molecular weight excluding hydrogens is 624 g/mol. The first-order valence-electron chi connectivity index (χ1n) is 11.6. The van der Waals surface area contributed by atoms with Crippen LogP contribution in [0.3, 0.4) is 0 Å². The number of rotatable bonds is 11. The van der Waals surface area contributed by atoms with Crippen LogP contribution < -0.4 is 10.2 Å². The van der Waals surface area contributed by atoms with Crippen molar-refractivity contribution in [1.82, 2.24) is 24.5 Å². The molecule has 203 valence electrons. The van der Waals surface area contributed by atoms with Crippen LogP contribution in [0.4, 0.5) is 0 Å². The van der Waals surface area contributed by atoms with E-state index in [1.165, 1.54) is 4.90 Å². The van der Waals surface area contributed by atoms with Gasteiger partial charge in [-0.15, -0.1) is 0 Å². The number of carbonyl (C=O) groups is 5. The Bertz CT molecular complexity index is 751. The molecule has 0 bridgehead atoms. The van der Waals surface area contributed by atoms with Gasteiger partial charge in [-0.2, -0.15) is 0 Å². The molecule has 1 saturated carbocycles. The smallest absolute Gasteiger partial charge is 0.549 e. The SMILES string of the molecule is O=C([O-])CN1CCN(CC(=O)[O-])CCN(CC(=O)N(CC(=O)O)C2CC2)CCN(CC(=O)O)CC1.[Gd+3]. The molecule has 0 spiro atoms. The van der Waals surface area contributed by atoms with Crippen LogP contribution in [-0.2, 0) is 24.0 Å². The summed E-state index contributed by atoms with van der Waals surface area (Å²) < 4.78 is 0. The van der Waals surface area contributed by atoms with Crippen LogP contribution in [0, 0.1) is 39.9 Å². The van der Waals surface area contributed by atoms with E-state index in [1.54, 1.807) is 19.6 Å². The maximum absolute atomic E-state index is 12.9. The van der Waals surface area contributed by atoms with Gasteiger partial charge in [0, 0.05) is 71.5 Å². The van der Waals surface area contributed by atoms with Crippen molar-refractivity contribution in [2.75, 3.05) is 85.1 Å². The summed E-state index contributed by atoms with van der Waals surface area (Å²) in [5.74, 6) is -5.08. The third-order valence-corrected chi connectivity index (χ3v) is 5.97. The van der Waals surface area contributed by atoms with Crippen LogP contribution >= 0.6 is 0 Å². The fourth-order valence-corrected chi connectivity index (χ4v) is 4.00. The van der Waals surface area contributed by atoms with Gasteiger partial charge in [-0.05, 0) is 12.8 Å². The van der Waals surface area contributed by atoms with Crippen molar-refractivity contribution in [3.63, 3.8) is 0 Å². The minimum atomic E-state index is -1.29. The summed E-state index contributed by atoms with van der Waals surface area (Å²) in [6, 6.07) is -0.0983. The number of carbonyl (C=O) groups excluding carboxylic acids is 3. The summed E-state index contributed by atoms with van der Waals surface area (Å²) in [7, 11) is 0. The largest absolute Gasteiger partial charge is 3.00 e. The van der Waals surface area contributed by atoms with Crippen LogP contribution in [0.1, 0.15) is 12.8 Å². The molecule has 0 aromatic carbocycles. The quantitative estimate of drug-likeness (QED) is 0.215. The normalized spacial score (nSPS) is 19.3. The zero-order valence-corrected chi connectivity index (χ0v) is 22.3. The molecule has 14 nitrogen and oxygen atoms in total. The number of hydrogen-bond donors (Lipinski definition) is 2. The van der Waals surface area contributed by atoms with Crippen molar-refractivity contribution in [1.29, 1.82) is 0 Å². The van der Waals surface area contributed by atoms with Crippen LogP contribution in [0.2, 0.25) is 0 Å². The van der Waals surface area contributed by atoms with E-state index in [4.69, 9.17) is 5.11 Å². The summed E-state index contributed by atoms with van der Waals surface area (Å²) in [5, 5.41) is 40.8. The summed E-state index contributed by atoms with van der Waals surface area (Å²) in [6.07, 6.45) is 1.49. The van der Waals surface area contributed by atoms with Gasteiger partial charge >= 0.3 is 51.9 Å². The maximum Gasteiger partial charge on any atom is 3.00 e. The molecule has 0 atom stereocenters. The molecule has 1 heterocycles.